The minimum absolute atomic E-state index is 0.0330. The van der Waals surface area contributed by atoms with E-state index in [0.717, 1.165) is 22.3 Å². The van der Waals surface area contributed by atoms with E-state index in [1.54, 1.807) is 12.1 Å². The predicted octanol–water partition coefficient (Wildman–Crippen LogP) is 6.09. The van der Waals surface area contributed by atoms with E-state index in [1.807, 2.05) is 39.8 Å². The number of fused-ring (bicyclic) bond motifs is 2. The summed E-state index contributed by atoms with van der Waals surface area (Å²) >= 11 is 5.64. The fourth-order valence-corrected chi connectivity index (χ4v) is 3.34. The number of hydrogen-bond acceptors (Lipinski definition) is 6. The topological polar surface area (TPSA) is 97.7 Å². The van der Waals surface area contributed by atoms with E-state index in [0.29, 0.717) is 33.1 Å². The van der Waals surface area contributed by atoms with Crippen molar-refractivity contribution < 1.29 is 18.1 Å². The number of halogens is 3. The summed E-state index contributed by atoms with van der Waals surface area (Å²) in [5.74, 6) is 0.186. The molecule has 0 bridgehead atoms. The van der Waals surface area contributed by atoms with Crippen LogP contribution in [-0.4, -0.2) is 9.32 Å². The Morgan fingerprint density at radius 3 is 1.56 bits per heavy atom. The third-order valence-corrected chi connectivity index (χ3v) is 5.67. The van der Waals surface area contributed by atoms with E-state index in [4.69, 9.17) is 29.8 Å². The predicted molar refractivity (Wildman–Crippen MR) is 139 cm³/mol. The minimum atomic E-state index is -1.67. The maximum Gasteiger partial charge on any atom is 0.211 e. The van der Waals surface area contributed by atoms with Gasteiger partial charge in [-0.1, -0.05) is 12.1 Å². The Labute approximate surface area is 212 Å². The summed E-state index contributed by atoms with van der Waals surface area (Å²) in [6, 6.07) is 7.34. The van der Waals surface area contributed by atoms with Gasteiger partial charge in [0.15, 0.2) is 10.9 Å². The summed E-state index contributed by atoms with van der Waals surface area (Å²) in [5.41, 5.74) is 6.06. The van der Waals surface area contributed by atoms with Crippen molar-refractivity contribution >= 4 is 64.1 Å². The molecule has 2 aromatic heterocycles. The Bertz CT molecular complexity index is 1350. The number of aliphatic hydroxyl groups excluding tert-OH is 1. The molecule has 0 aliphatic carbocycles. The molecular weight excluding hydrogens is 523 g/mol. The molecule has 0 spiro atoms. The molecule has 2 heterocycles. The molecule has 4 rings (SSSR count). The van der Waals surface area contributed by atoms with Gasteiger partial charge in [-0.3, -0.25) is 9.59 Å². The zero-order valence-electron chi connectivity index (χ0n) is 18.9. The SMILES string of the molecule is Cc1ccc2c(=O)c(CCl)coc2c1C.Cc1ccc2c(=O)c(CO)coc2c1C.O=S(Cl)Cl. The fourth-order valence-electron chi connectivity index (χ4n) is 3.16. The van der Waals surface area contributed by atoms with E-state index in [2.05, 4.69) is 21.4 Å². The van der Waals surface area contributed by atoms with Gasteiger partial charge in [0.2, 0.25) is 9.23 Å². The molecule has 0 aliphatic heterocycles. The van der Waals surface area contributed by atoms with Crippen LogP contribution >= 0.6 is 33.0 Å². The summed E-state index contributed by atoms with van der Waals surface area (Å²) in [7, 11) is 7.36. The van der Waals surface area contributed by atoms with Gasteiger partial charge in [-0.2, -0.15) is 0 Å². The summed E-state index contributed by atoms with van der Waals surface area (Å²) in [4.78, 5) is 23.7. The van der Waals surface area contributed by atoms with Crippen LogP contribution in [0.5, 0.6) is 0 Å². The van der Waals surface area contributed by atoms with Gasteiger partial charge in [0, 0.05) is 21.4 Å². The second-order valence-electron chi connectivity index (χ2n) is 7.42. The number of alkyl halides is 1. The number of aliphatic hydroxyl groups is 1. The average Bonchev–Trinajstić information content (AvgIpc) is 2.79. The molecule has 0 radical (unpaired) electrons. The lowest BCUT2D eigenvalue weighted by molar-refractivity contribution is 0.277. The standard InChI is InChI=1S/C12H11ClO2.C12H12O3.Cl2OS/c2*1-7-3-4-10-11(14)9(5-13)6-15-12(10)8(7)2;1-4(2)3/h3-4,6H,5H2,1-2H3;3-4,6,13H,5H2,1-2H3;. The third kappa shape index (κ3) is 6.49. The van der Waals surface area contributed by atoms with Gasteiger partial charge in [0.1, 0.15) is 17.4 Å². The molecule has 4 aromatic rings. The van der Waals surface area contributed by atoms with Gasteiger partial charge < -0.3 is 13.9 Å². The molecule has 6 nitrogen and oxygen atoms in total. The highest BCUT2D eigenvalue weighted by molar-refractivity contribution is 8.26. The van der Waals surface area contributed by atoms with Crippen molar-refractivity contribution in [2.75, 3.05) is 0 Å². The van der Waals surface area contributed by atoms with Crippen LogP contribution in [0.15, 0.2) is 55.2 Å². The van der Waals surface area contributed by atoms with Gasteiger partial charge in [-0.05, 0) is 62.1 Å². The van der Waals surface area contributed by atoms with E-state index in [-0.39, 0.29) is 23.3 Å². The average molecular weight is 546 g/mol. The number of aryl methyl sites for hydroxylation is 4. The van der Waals surface area contributed by atoms with E-state index >= 15 is 0 Å². The first kappa shape index (κ1) is 28.1. The lowest BCUT2D eigenvalue weighted by atomic mass is 10.1. The normalized spacial score (nSPS) is 10.6. The maximum absolute atomic E-state index is 11.9. The molecule has 2 aromatic carbocycles. The maximum atomic E-state index is 11.9. The van der Waals surface area contributed by atoms with Crippen molar-refractivity contribution in [2.45, 2.75) is 40.2 Å². The van der Waals surface area contributed by atoms with Crippen molar-refractivity contribution in [3.63, 3.8) is 0 Å². The van der Waals surface area contributed by atoms with E-state index in [9.17, 15) is 9.59 Å². The van der Waals surface area contributed by atoms with Crippen LogP contribution in [0.1, 0.15) is 33.4 Å². The quantitative estimate of drug-likeness (QED) is 0.242. The molecule has 0 atom stereocenters. The molecule has 182 valence electrons. The molecular formula is C24H23Cl3O6S. The second kappa shape index (κ2) is 12.5. The van der Waals surface area contributed by atoms with Crippen molar-refractivity contribution in [1.82, 2.24) is 0 Å². The lowest BCUT2D eigenvalue weighted by Crippen LogP contribution is -2.08. The minimum Gasteiger partial charge on any atom is -0.463 e. The summed E-state index contributed by atoms with van der Waals surface area (Å²) in [5, 5.41) is 10.1. The zero-order chi connectivity index (χ0) is 25.6. The monoisotopic (exact) mass is 544 g/mol. The van der Waals surface area contributed by atoms with Crippen molar-refractivity contribution in [1.29, 1.82) is 0 Å². The molecule has 0 amide bonds. The van der Waals surface area contributed by atoms with Crippen LogP contribution in [0.25, 0.3) is 21.9 Å². The summed E-state index contributed by atoms with van der Waals surface area (Å²) in [6.45, 7) is 7.53. The number of rotatable bonds is 2. The Morgan fingerprint density at radius 2 is 1.18 bits per heavy atom. The summed E-state index contributed by atoms with van der Waals surface area (Å²) < 4.78 is 19.9. The molecule has 1 N–H and O–H groups in total. The van der Waals surface area contributed by atoms with Crippen LogP contribution in [-0.2, 0) is 21.7 Å². The smallest absolute Gasteiger partial charge is 0.211 e. The second-order valence-corrected chi connectivity index (χ2v) is 10.2. The van der Waals surface area contributed by atoms with Crippen LogP contribution in [0.3, 0.4) is 0 Å². The first-order chi connectivity index (χ1) is 16.0. The lowest BCUT2D eigenvalue weighted by Gasteiger charge is -2.04. The Hall–Kier alpha value is -2.16. The molecule has 0 fully saturated rings. The van der Waals surface area contributed by atoms with Gasteiger partial charge in [-0.25, -0.2) is 4.21 Å². The van der Waals surface area contributed by atoms with Gasteiger partial charge in [-0.15, -0.1) is 11.6 Å². The Balaban J connectivity index is 0.000000208. The number of benzene rings is 2. The molecule has 34 heavy (non-hydrogen) atoms. The van der Waals surface area contributed by atoms with E-state index < -0.39 is 9.23 Å². The van der Waals surface area contributed by atoms with Crippen molar-refractivity contribution in [3.8, 4) is 0 Å². The van der Waals surface area contributed by atoms with Crippen LogP contribution in [0, 0.1) is 27.7 Å². The zero-order valence-corrected chi connectivity index (χ0v) is 22.0. The molecule has 0 unspecified atom stereocenters. The van der Waals surface area contributed by atoms with Gasteiger partial charge in [0.25, 0.3) is 0 Å². The number of hydrogen-bond donors (Lipinski definition) is 1. The van der Waals surface area contributed by atoms with E-state index in [1.165, 1.54) is 12.5 Å². The first-order valence-electron chi connectivity index (χ1n) is 9.95. The van der Waals surface area contributed by atoms with Crippen LogP contribution in [0.4, 0.5) is 0 Å². The summed E-state index contributed by atoms with van der Waals surface area (Å²) in [6.07, 6.45) is 2.78. The molecule has 0 saturated carbocycles. The van der Waals surface area contributed by atoms with Crippen LogP contribution < -0.4 is 10.9 Å². The third-order valence-electron chi connectivity index (χ3n) is 5.38. The Kier molecular flexibility index (Phi) is 10.3. The van der Waals surface area contributed by atoms with Crippen molar-refractivity contribution in [2.24, 2.45) is 0 Å². The molecule has 0 aliphatic rings. The fraction of sp³-hybridized carbons (Fsp3) is 0.250. The molecule has 10 heteroatoms. The highest BCUT2D eigenvalue weighted by atomic mass is 36.0. The largest absolute Gasteiger partial charge is 0.463 e. The highest BCUT2D eigenvalue weighted by Crippen LogP contribution is 2.20. The highest BCUT2D eigenvalue weighted by Gasteiger charge is 2.10. The van der Waals surface area contributed by atoms with Gasteiger partial charge >= 0.3 is 0 Å². The Morgan fingerprint density at radius 1 is 0.794 bits per heavy atom. The molecule has 0 saturated heterocycles. The van der Waals surface area contributed by atoms with Crippen LogP contribution in [0.2, 0.25) is 0 Å². The van der Waals surface area contributed by atoms with Crippen molar-refractivity contribution in [3.05, 3.63) is 90.6 Å². The van der Waals surface area contributed by atoms with Gasteiger partial charge in [0.05, 0.1) is 40.6 Å². The first-order valence-corrected chi connectivity index (χ1v) is 13.3.